The van der Waals surface area contributed by atoms with E-state index in [2.05, 4.69) is 18.7 Å². The van der Waals surface area contributed by atoms with Gasteiger partial charge in [-0.15, -0.1) is 0 Å². The number of rotatable bonds is 5. The summed E-state index contributed by atoms with van der Waals surface area (Å²) >= 11 is 0. The third-order valence-electron chi connectivity index (χ3n) is 3.35. The van der Waals surface area contributed by atoms with Crippen LogP contribution in [0.3, 0.4) is 0 Å². The topological polar surface area (TPSA) is 38.5 Å². The standard InChI is InChI=1S/C14H21FN2O/c1-10(2)17(6-5-16)9-13-8-11-7-12(15)3-4-14(11)18-13/h3-4,7,10,13H,5-6,8-9,16H2,1-2H3. The molecule has 1 atom stereocenters. The smallest absolute Gasteiger partial charge is 0.123 e. The van der Waals surface area contributed by atoms with Crippen molar-refractivity contribution in [3.63, 3.8) is 0 Å². The van der Waals surface area contributed by atoms with Crippen LogP contribution in [0.5, 0.6) is 5.75 Å². The second kappa shape index (κ2) is 5.67. The van der Waals surface area contributed by atoms with Crippen molar-refractivity contribution in [2.75, 3.05) is 19.6 Å². The lowest BCUT2D eigenvalue weighted by Crippen LogP contribution is -2.41. The Labute approximate surface area is 108 Å². The van der Waals surface area contributed by atoms with Crippen LogP contribution in [-0.4, -0.2) is 36.7 Å². The number of hydrogen-bond donors (Lipinski definition) is 1. The van der Waals surface area contributed by atoms with Crippen molar-refractivity contribution in [3.8, 4) is 5.75 Å². The lowest BCUT2D eigenvalue weighted by Gasteiger charge is -2.28. The van der Waals surface area contributed by atoms with E-state index in [9.17, 15) is 4.39 Å². The van der Waals surface area contributed by atoms with Gasteiger partial charge in [0.25, 0.3) is 0 Å². The van der Waals surface area contributed by atoms with E-state index in [1.54, 1.807) is 12.1 Å². The normalized spacial score (nSPS) is 18.2. The highest BCUT2D eigenvalue weighted by atomic mass is 19.1. The van der Waals surface area contributed by atoms with Crippen LogP contribution in [0.15, 0.2) is 18.2 Å². The lowest BCUT2D eigenvalue weighted by molar-refractivity contribution is 0.130. The number of ether oxygens (including phenoxy) is 1. The van der Waals surface area contributed by atoms with Crippen molar-refractivity contribution in [2.45, 2.75) is 32.4 Å². The third kappa shape index (κ3) is 3.00. The van der Waals surface area contributed by atoms with Gasteiger partial charge in [0.2, 0.25) is 0 Å². The maximum Gasteiger partial charge on any atom is 0.123 e. The van der Waals surface area contributed by atoms with E-state index in [0.717, 1.165) is 30.8 Å². The van der Waals surface area contributed by atoms with E-state index in [1.165, 1.54) is 6.07 Å². The molecule has 1 heterocycles. The second-order valence-corrected chi connectivity index (χ2v) is 5.07. The molecule has 0 saturated heterocycles. The molecular formula is C14H21FN2O. The van der Waals surface area contributed by atoms with E-state index in [0.29, 0.717) is 12.6 Å². The Morgan fingerprint density at radius 3 is 2.94 bits per heavy atom. The molecule has 0 spiro atoms. The fraction of sp³-hybridized carbons (Fsp3) is 0.571. The SMILES string of the molecule is CC(C)N(CCN)CC1Cc2cc(F)ccc2O1. The van der Waals surface area contributed by atoms with E-state index in [-0.39, 0.29) is 11.9 Å². The molecule has 0 aromatic heterocycles. The molecule has 1 aliphatic heterocycles. The Morgan fingerprint density at radius 1 is 1.50 bits per heavy atom. The highest BCUT2D eigenvalue weighted by Gasteiger charge is 2.25. The molecule has 18 heavy (non-hydrogen) atoms. The molecule has 0 saturated carbocycles. The minimum Gasteiger partial charge on any atom is -0.488 e. The summed E-state index contributed by atoms with van der Waals surface area (Å²) in [6, 6.07) is 5.17. The summed E-state index contributed by atoms with van der Waals surface area (Å²) in [6.07, 6.45) is 0.886. The van der Waals surface area contributed by atoms with Crippen LogP contribution in [0.25, 0.3) is 0 Å². The molecule has 1 aromatic carbocycles. The van der Waals surface area contributed by atoms with Crippen LogP contribution >= 0.6 is 0 Å². The first-order chi connectivity index (χ1) is 8.60. The Balaban J connectivity index is 1.98. The van der Waals surface area contributed by atoms with Gasteiger partial charge >= 0.3 is 0 Å². The Hall–Kier alpha value is -1.13. The van der Waals surface area contributed by atoms with Gasteiger partial charge in [-0.25, -0.2) is 4.39 Å². The van der Waals surface area contributed by atoms with Gasteiger partial charge < -0.3 is 10.5 Å². The average molecular weight is 252 g/mol. The Morgan fingerprint density at radius 2 is 2.28 bits per heavy atom. The molecule has 2 rings (SSSR count). The van der Waals surface area contributed by atoms with Crippen molar-refractivity contribution in [1.29, 1.82) is 0 Å². The number of nitrogens with two attached hydrogens (primary N) is 1. The number of halogens is 1. The van der Waals surface area contributed by atoms with Gasteiger partial charge in [0, 0.05) is 37.7 Å². The highest BCUT2D eigenvalue weighted by Crippen LogP contribution is 2.29. The molecule has 1 aromatic rings. The van der Waals surface area contributed by atoms with E-state index in [4.69, 9.17) is 10.5 Å². The first kappa shape index (κ1) is 13.3. The summed E-state index contributed by atoms with van der Waals surface area (Å²) in [7, 11) is 0. The molecule has 0 bridgehead atoms. The summed E-state index contributed by atoms with van der Waals surface area (Å²) in [4.78, 5) is 2.30. The number of nitrogens with zero attached hydrogens (tertiary/aromatic N) is 1. The quantitative estimate of drug-likeness (QED) is 0.868. The molecule has 4 heteroatoms. The predicted molar refractivity (Wildman–Crippen MR) is 70.3 cm³/mol. The highest BCUT2D eigenvalue weighted by molar-refractivity contribution is 5.37. The molecule has 0 radical (unpaired) electrons. The monoisotopic (exact) mass is 252 g/mol. The molecule has 1 unspecified atom stereocenters. The van der Waals surface area contributed by atoms with Gasteiger partial charge in [-0.1, -0.05) is 0 Å². The summed E-state index contributed by atoms with van der Waals surface area (Å²) in [5.74, 6) is 0.624. The summed E-state index contributed by atoms with van der Waals surface area (Å²) in [6.45, 7) is 6.65. The average Bonchev–Trinajstić information content (AvgIpc) is 2.69. The van der Waals surface area contributed by atoms with Crippen LogP contribution < -0.4 is 10.5 Å². The van der Waals surface area contributed by atoms with Crippen molar-refractivity contribution < 1.29 is 9.13 Å². The fourth-order valence-electron chi connectivity index (χ4n) is 2.38. The zero-order valence-corrected chi connectivity index (χ0v) is 11.0. The zero-order chi connectivity index (χ0) is 13.1. The van der Waals surface area contributed by atoms with Gasteiger partial charge in [0.15, 0.2) is 0 Å². The first-order valence-electron chi connectivity index (χ1n) is 6.49. The van der Waals surface area contributed by atoms with Gasteiger partial charge in [0.05, 0.1) is 0 Å². The summed E-state index contributed by atoms with van der Waals surface area (Å²) < 4.78 is 19.0. The van der Waals surface area contributed by atoms with Crippen LogP contribution in [0.2, 0.25) is 0 Å². The van der Waals surface area contributed by atoms with Gasteiger partial charge in [-0.05, 0) is 32.0 Å². The zero-order valence-electron chi connectivity index (χ0n) is 11.0. The van der Waals surface area contributed by atoms with Crippen molar-refractivity contribution >= 4 is 0 Å². The van der Waals surface area contributed by atoms with Gasteiger partial charge in [-0.2, -0.15) is 0 Å². The van der Waals surface area contributed by atoms with Crippen molar-refractivity contribution in [3.05, 3.63) is 29.6 Å². The van der Waals surface area contributed by atoms with E-state index in [1.807, 2.05) is 0 Å². The molecule has 0 amide bonds. The lowest BCUT2D eigenvalue weighted by atomic mass is 10.1. The minimum absolute atomic E-state index is 0.107. The second-order valence-electron chi connectivity index (χ2n) is 5.07. The van der Waals surface area contributed by atoms with Crippen LogP contribution in [0.4, 0.5) is 4.39 Å². The Kier molecular flexibility index (Phi) is 4.19. The maximum atomic E-state index is 13.1. The molecule has 2 N–H and O–H groups in total. The van der Waals surface area contributed by atoms with Gasteiger partial charge in [0.1, 0.15) is 17.7 Å². The molecule has 100 valence electrons. The summed E-state index contributed by atoms with van der Waals surface area (Å²) in [5, 5.41) is 0. The Bertz CT molecular complexity index is 409. The van der Waals surface area contributed by atoms with Crippen molar-refractivity contribution in [2.24, 2.45) is 5.73 Å². The third-order valence-corrected chi connectivity index (χ3v) is 3.35. The molecular weight excluding hydrogens is 231 g/mol. The van der Waals surface area contributed by atoms with E-state index >= 15 is 0 Å². The minimum atomic E-state index is -0.194. The number of hydrogen-bond acceptors (Lipinski definition) is 3. The van der Waals surface area contributed by atoms with Crippen molar-refractivity contribution in [1.82, 2.24) is 4.90 Å². The first-order valence-corrected chi connectivity index (χ1v) is 6.49. The number of fused-ring (bicyclic) bond motifs is 1. The molecule has 0 fully saturated rings. The van der Waals surface area contributed by atoms with Crippen LogP contribution in [0, 0.1) is 5.82 Å². The van der Waals surface area contributed by atoms with Crippen LogP contribution in [-0.2, 0) is 6.42 Å². The van der Waals surface area contributed by atoms with E-state index < -0.39 is 0 Å². The largest absolute Gasteiger partial charge is 0.488 e. The molecule has 0 aliphatic carbocycles. The fourth-order valence-corrected chi connectivity index (χ4v) is 2.38. The molecule has 3 nitrogen and oxygen atoms in total. The van der Waals surface area contributed by atoms with Gasteiger partial charge in [-0.3, -0.25) is 4.90 Å². The predicted octanol–water partition coefficient (Wildman–Crippen LogP) is 1.80. The summed E-state index contributed by atoms with van der Waals surface area (Å²) in [5.41, 5.74) is 6.58. The maximum absolute atomic E-state index is 13.1. The number of benzene rings is 1. The molecule has 1 aliphatic rings. The van der Waals surface area contributed by atoms with Crippen LogP contribution in [0.1, 0.15) is 19.4 Å².